The molecule has 1 aromatic rings. The normalized spacial score (nSPS) is 18.4. The highest BCUT2D eigenvalue weighted by molar-refractivity contribution is 8.01. The fourth-order valence-corrected chi connectivity index (χ4v) is 4.27. The fraction of sp³-hybridized carbons (Fsp3) is 0.412. The summed E-state index contributed by atoms with van der Waals surface area (Å²) in [5, 5.41) is -5.53. The number of hydrogen-bond acceptors (Lipinski definition) is 1. The zero-order chi connectivity index (χ0) is 20.0. The second-order valence-corrected chi connectivity index (χ2v) is 7.51. The summed E-state index contributed by atoms with van der Waals surface area (Å²) in [5.74, 6) is -7.27. The Hall–Kier alpha value is -1.51. The molecule has 9 heteroatoms. The van der Waals surface area contributed by atoms with Gasteiger partial charge in [0.25, 0.3) is 0 Å². The van der Waals surface area contributed by atoms with Gasteiger partial charge in [0, 0.05) is 5.56 Å². The summed E-state index contributed by atoms with van der Waals surface area (Å²) in [7, 11) is 0. The molecule has 1 aliphatic carbocycles. The third-order valence-corrected chi connectivity index (χ3v) is 5.10. The summed E-state index contributed by atoms with van der Waals surface area (Å²) in [5.41, 5.74) is 0.486. The van der Waals surface area contributed by atoms with Gasteiger partial charge < -0.3 is 0 Å². The molecule has 0 heterocycles. The third-order valence-electron chi connectivity index (χ3n) is 3.79. The lowest BCUT2D eigenvalue weighted by Gasteiger charge is -2.37. The van der Waals surface area contributed by atoms with Gasteiger partial charge in [-0.1, -0.05) is 53.3 Å². The smallest absolute Gasteiger partial charge is 0.207 e. The average molecular weight is 402 g/mol. The maximum Gasteiger partial charge on any atom is 0.460 e. The maximum atomic E-state index is 14.3. The number of hydrogen-bond donors (Lipinski definition) is 0. The zero-order valence-corrected chi connectivity index (χ0v) is 14.4. The van der Waals surface area contributed by atoms with Gasteiger partial charge in [0.2, 0.25) is 0 Å². The van der Waals surface area contributed by atoms with Gasteiger partial charge in [0.05, 0.1) is 4.75 Å². The Balaban J connectivity index is 2.65. The number of alkyl halides is 7. The predicted molar refractivity (Wildman–Crippen MR) is 83.7 cm³/mol. The molecule has 0 spiro atoms. The van der Waals surface area contributed by atoms with Crippen molar-refractivity contribution < 1.29 is 35.1 Å². The first-order chi connectivity index (χ1) is 11.7. The Kier molecular flexibility index (Phi) is 5.26. The monoisotopic (exact) mass is 402 g/mol. The molecule has 0 saturated heterocycles. The summed E-state index contributed by atoms with van der Waals surface area (Å²) in [4.78, 5) is 0. The fourth-order valence-electron chi connectivity index (χ4n) is 2.80. The largest absolute Gasteiger partial charge is 0.460 e. The third kappa shape index (κ3) is 3.63. The second kappa shape index (κ2) is 6.58. The van der Waals surface area contributed by atoms with Gasteiger partial charge in [-0.05, 0) is 26.3 Å². The number of thioether (sulfide) groups is 1. The molecule has 0 unspecified atom stereocenters. The van der Waals surface area contributed by atoms with Crippen molar-refractivity contribution in [3.8, 4) is 0 Å². The van der Waals surface area contributed by atoms with Crippen molar-refractivity contribution in [3.05, 3.63) is 58.9 Å². The van der Waals surface area contributed by atoms with Crippen LogP contribution in [0.5, 0.6) is 0 Å². The van der Waals surface area contributed by atoms with Crippen LogP contribution >= 0.6 is 11.8 Å². The summed E-state index contributed by atoms with van der Waals surface area (Å²) in [6.07, 6.45) is -3.93. The van der Waals surface area contributed by atoms with Crippen LogP contribution < -0.4 is 0 Å². The van der Waals surface area contributed by atoms with E-state index in [4.69, 9.17) is 0 Å². The highest BCUT2D eigenvalue weighted by Gasteiger charge is 2.74. The van der Waals surface area contributed by atoms with Crippen LogP contribution in [0.4, 0.5) is 35.1 Å². The highest BCUT2D eigenvalue weighted by Crippen LogP contribution is 2.59. The minimum absolute atomic E-state index is 0.317. The van der Waals surface area contributed by atoms with Crippen molar-refractivity contribution in [2.45, 2.75) is 42.4 Å². The molecule has 0 N–H and O–H groups in total. The molecule has 0 radical (unpaired) electrons. The molecule has 0 aromatic heterocycles. The van der Waals surface area contributed by atoms with E-state index in [0.717, 1.165) is 24.3 Å². The molecule has 0 atom stereocenters. The zero-order valence-electron chi connectivity index (χ0n) is 13.6. The van der Waals surface area contributed by atoms with Crippen molar-refractivity contribution in [1.29, 1.82) is 0 Å². The minimum Gasteiger partial charge on any atom is -0.207 e. The minimum atomic E-state index is -6.45. The van der Waals surface area contributed by atoms with Crippen LogP contribution in [0, 0.1) is 5.82 Å². The topological polar surface area (TPSA) is 0 Å². The second-order valence-electron chi connectivity index (χ2n) is 6.12. The Morgan fingerprint density at radius 3 is 1.85 bits per heavy atom. The number of allylic oxidation sites excluding steroid dienone is 2. The highest BCUT2D eigenvalue weighted by atomic mass is 32.2. The SMILES string of the molecule is CC1=CC(SC(F)(F)C(F)(F)C(F)(F)F)(c2ccccc2F)C=C(C)C1. The van der Waals surface area contributed by atoms with Crippen LogP contribution in [-0.4, -0.2) is 17.4 Å². The Labute approximate surface area is 149 Å². The molecule has 2 rings (SSSR count). The van der Waals surface area contributed by atoms with Crippen molar-refractivity contribution >= 4 is 11.8 Å². The first-order valence-electron chi connectivity index (χ1n) is 7.36. The summed E-state index contributed by atoms with van der Waals surface area (Å²) in [6.45, 7) is 3.01. The van der Waals surface area contributed by atoms with E-state index in [1.165, 1.54) is 26.0 Å². The van der Waals surface area contributed by atoms with Gasteiger partial charge in [-0.15, -0.1) is 0 Å². The lowest BCUT2D eigenvalue weighted by molar-refractivity contribution is -0.330. The molecule has 1 aromatic carbocycles. The van der Waals surface area contributed by atoms with E-state index in [1.54, 1.807) is 0 Å². The van der Waals surface area contributed by atoms with Crippen LogP contribution in [0.2, 0.25) is 0 Å². The number of benzene rings is 1. The first kappa shape index (κ1) is 20.8. The van der Waals surface area contributed by atoms with Crippen LogP contribution in [0.1, 0.15) is 25.8 Å². The van der Waals surface area contributed by atoms with E-state index < -0.39 is 45.2 Å². The van der Waals surface area contributed by atoms with E-state index in [1.807, 2.05) is 0 Å². The van der Waals surface area contributed by atoms with Crippen molar-refractivity contribution in [2.75, 3.05) is 0 Å². The quantitative estimate of drug-likeness (QED) is 0.392. The number of halogens is 8. The Bertz CT molecular complexity index is 727. The molecule has 144 valence electrons. The van der Waals surface area contributed by atoms with Crippen LogP contribution in [0.25, 0.3) is 0 Å². The van der Waals surface area contributed by atoms with Crippen LogP contribution in [0.3, 0.4) is 0 Å². The number of rotatable bonds is 4. The molecular formula is C17H14F8S. The van der Waals surface area contributed by atoms with E-state index in [9.17, 15) is 35.1 Å². The summed E-state index contributed by atoms with van der Waals surface area (Å²) >= 11 is -0.917. The molecule has 0 saturated carbocycles. The van der Waals surface area contributed by atoms with E-state index >= 15 is 0 Å². The van der Waals surface area contributed by atoms with Crippen molar-refractivity contribution in [1.82, 2.24) is 0 Å². The van der Waals surface area contributed by atoms with Gasteiger partial charge in [0.1, 0.15) is 5.82 Å². The van der Waals surface area contributed by atoms with Gasteiger partial charge in [-0.3, -0.25) is 0 Å². The van der Waals surface area contributed by atoms with E-state index in [-0.39, 0.29) is 0 Å². The Morgan fingerprint density at radius 2 is 1.38 bits per heavy atom. The van der Waals surface area contributed by atoms with Crippen molar-refractivity contribution in [2.24, 2.45) is 0 Å². The average Bonchev–Trinajstić information content (AvgIpc) is 2.44. The molecule has 26 heavy (non-hydrogen) atoms. The molecule has 0 bridgehead atoms. The molecular weight excluding hydrogens is 388 g/mol. The van der Waals surface area contributed by atoms with E-state index in [2.05, 4.69) is 0 Å². The van der Waals surface area contributed by atoms with Gasteiger partial charge in [0.15, 0.2) is 0 Å². The molecule has 0 nitrogen and oxygen atoms in total. The summed E-state index contributed by atoms with van der Waals surface area (Å²) < 4.78 is 105. The van der Waals surface area contributed by atoms with E-state index in [0.29, 0.717) is 17.6 Å². The summed E-state index contributed by atoms with van der Waals surface area (Å²) in [6, 6.07) is 4.57. The maximum absolute atomic E-state index is 14.3. The van der Waals surface area contributed by atoms with Crippen LogP contribution in [-0.2, 0) is 4.75 Å². The van der Waals surface area contributed by atoms with Crippen LogP contribution in [0.15, 0.2) is 47.6 Å². The van der Waals surface area contributed by atoms with Gasteiger partial charge in [-0.2, -0.15) is 30.7 Å². The molecule has 0 fully saturated rings. The lowest BCUT2D eigenvalue weighted by atomic mass is 9.87. The molecule has 1 aliphatic rings. The lowest BCUT2D eigenvalue weighted by Crippen LogP contribution is -2.51. The Morgan fingerprint density at radius 1 is 0.885 bits per heavy atom. The van der Waals surface area contributed by atoms with Gasteiger partial charge >= 0.3 is 17.4 Å². The molecule has 0 aliphatic heterocycles. The predicted octanol–water partition coefficient (Wildman–Crippen LogP) is 6.84. The molecule has 0 amide bonds. The standard InChI is InChI=1S/C17H14F8S/c1-10-7-11(2)9-14(8-10,12-5-3-4-6-13(12)18)26-17(24,25)15(19,20)16(21,22)23/h3-6,8-9H,7H2,1-2H3. The van der Waals surface area contributed by atoms with Crippen molar-refractivity contribution in [3.63, 3.8) is 0 Å². The van der Waals surface area contributed by atoms with Gasteiger partial charge in [-0.25, -0.2) is 4.39 Å². The first-order valence-corrected chi connectivity index (χ1v) is 8.18.